The van der Waals surface area contributed by atoms with Crippen LogP contribution in [0.2, 0.25) is 0 Å². The van der Waals surface area contributed by atoms with Crippen molar-refractivity contribution in [2.45, 2.75) is 114 Å². The van der Waals surface area contributed by atoms with Crippen molar-refractivity contribution in [3.8, 4) is 11.3 Å². The monoisotopic (exact) mass is 845 g/mol. The van der Waals surface area contributed by atoms with Crippen molar-refractivity contribution in [2.24, 2.45) is 17.3 Å². The van der Waals surface area contributed by atoms with E-state index in [0.717, 1.165) is 59.4 Å². The maximum absolute atomic E-state index is 11.7. The van der Waals surface area contributed by atoms with Crippen LogP contribution in [0.3, 0.4) is 0 Å². The molecule has 0 fully saturated rings. The fraction of sp³-hybridized carbons (Fsp3) is 0.476. The summed E-state index contributed by atoms with van der Waals surface area (Å²) in [7, 11) is 0. The number of nitrogens with zero attached hydrogens (tertiary/aromatic N) is 1. The number of allylic oxidation sites excluding steroid dienone is 2. The van der Waals surface area contributed by atoms with Gasteiger partial charge in [-0.1, -0.05) is 110 Å². The Morgan fingerprint density at radius 2 is 1.58 bits per heavy atom. The number of rotatable bonds is 9. The van der Waals surface area contributed by atoms with E-state index >= 15 is 0 Å². The van der Waals surface area contributed by atoms with Crippen LogP contribution < -0.4 is 0 Å². The second-order valence-corrected chi connectivity index (χ2v) is 16.1. The van der Waals surface area contributed by atoms with Crippen LogP contribution in [0.5, 0.6) is 0 Å². The molecule has 0 aliphatic rings. The van der Waals surface area contributed by atoms with Crippen molar-refractivity contribution in [3.63, 3.8) is 0 Å². The van der Waals surface area contributed by atoms with E-state index in [9.17, 15) is 9.90 Å². The molecular formula is C42H54IrNO3S-. The minimum absolute atomic E-state index is 0. The molecule has 6 heteroatoms. The Bertz CT molecular complexity index is 1870. The third kappa shape index (κ3) is 8.86. The first-order valence-electron chi connectivity index (χ1n) is 17.3. The quantitative estimate of drug-likeness (QED) is 0.0912. The second kappa shape index (κ2) is 16.3. The molecule has 1 N–H and O–H groups in total. The van der Waals surface area contributed by atoms with E-state index in [1.807, 2.05) is 33.9 Å². The van der Waals surface area contributed by atoms with Crippen molar-refractivity contribution in [1.29, 1.82) is 0 Å². The van der Waals surface area contributed by atoms with Crippen molar-refractivity contribution in [3.05, 3.63) is 77.4 Å². The fourth-order valence-corrected chi connectivity index (χ4v) is 7.51. The Labute approximate surface area is 305 Å². The molecule has 0 spiro atoms. The molecule has 4 nitrogen and oxygen atoms in total. The zero-order chi connectivity index (χ0) is 34.7. The second-order valence-electron chi connectivity index (χ2n) is 15.1. The Morgan fingerprint density at radius 3 is 2.17 bits per heavy atom. The smallest absolute Gasteiger partial charge is 0.188 e. The van der Waals surface area contributed by atoms with Crippen LogP contribution in [0.25, 0.3) is 42.4 Å². The number of pyridine rings is 1. The molecule has 48 heavy (non-hydrogen) atoms. The molecular weight excluding hydrogens is 791 g/mol. The summed E-state index contributed by atoms with van der Waals surface area (Å²) in [5, 5.41) is 14.6. The molecule has 1 radical (unpaired) electrons. The van der Waals surface area contributed by atoms with E-state index < -0.39 is 0 Å². The number of thiophene rings is 1. The number of benzene rings is 2. The van der Waals surface area contributed by atoms with Gasteiger partial charge in [0.2, 0.25) is 0 Å². The minimum atomic E-state index is 0. The number of carbonyl (C=O) groups is 1. The Morgan fingerprint density at radius 1 is 0.958 bits per heavy atom. The number of furan rings is 1. The largest absolute Gasteiger partial charge is 0.512 e. The third-order valence-electron chi connectivity index (χ3n) is 9.19. The van der Waals surface area contributed by atoms with Crippen LogP contribution in [0.15, 0.2) is 58.8 Å². The van der Waals surface area contributed by atoms with Gasteiger partial charge in [-0.15, -0.1) is 29.1 Å². The first-order chi connectivity index (χ1) is 22.1. The zero-order valence-corrected chi connectivity index (χ0v) is 34.0. The summed E-state index contributed by atoms with van der Waals surface area (Å²) in [5.74, 6) is 1.64. The number of carbonyl (C=O) groups excluding carboxylic acids is 1. The predicted octanol–water partition coefficient (Wildman–Crippen LogP) is 12.7. The van der Waals surface area contributed by atoms with E-state index in [2.05, 4.69) is 90.9 Å². The molecule has 0 saturated carbocycles. The topological polar surface area (TPSA) is 63.3 Å². The first kappa shape index (κ1) is 39.6. The molecule has 261 valence electrons. The van der Waals surface area contributed by atoms with Crippen molar-refractivity contribution in [1.82, 2.24) is 4.98 Å². The van der Waals surface area contributed by atoms with Gasteiger partial charge < -0.3 is 9.52 Å². The summed E-state index contributed by atoms with van der Waals surface area (Å²) >= 11 is 1.72. The maximum atomic E-state index is 11.7. The molecule has 0 aliphatic heterocycles. The average Bonchev–Trinajstić information content (AvgIpc) is 3.51. The van der Waals surface area contributed by atoms with Crippen LogP contribution in [-0.2, 0) is 36.7 Å². The summed E-state index contributed by atoms with van der Waals surface area (Å²) in [6.45, 7) is 23.9. The van der Waals surface area contributed by atoms with E-state index in [0.29, 0.717) is 0 Å². The van der Waals surface area contributed by atoms with Gasteiger partial charge in [-0.05, 0) is 60.5 Å². The number of hydrogen-bond acceptors (Lipinski definition) is 5. The SMILES string of the molecule is CCC(CC)C(=O)/C=C(\O)C(CC)CC.Cc1c(CC(C)(C)C)oc2sc3ccnc(-c4[c-]c5ccccc5c(C(C)(C)C)c4)c3c12.[Ir]. The first-order valence-corrected chi connectivity index (χ1v) is 18.1. The predicted molar refractivity (Wildman–Crippen MR) is 202 cm³/mol. The van der Waals surface area contributed by atoms with E-state index in [1.54, 1.807) is 11.3 Å². The van der Waals surface area contributed by atoms with Gasteiger partial charge in [-0.25, -0.2) is 0 Å². The van der Waals surface area contributed by atoms with Crippen molar-refractivity contribution >= 4 is 48.3 Å². The molecule has 0 atom stereocenters. The standard InChI is InChI=1S/C29H30NOS.C13H24O2.Ir/c1-17-22(16-28(2,3)4)31-27-24(17)25-23(32-27)12-13-30-26(25)19-14-18-10-8-9-11-20(18)21(15-19)29(5,6)7;1-5-10(6-2)12(14)9-13(15)11(7-3)8-4;/h8-13,15H,16H2,1-7H3;9-11,14H,5-8H2,1-4H3;/q-1;;/b;12-9-;. The van der Waals surface area contributed by atoms with Gasteiger partial charge in [0, 0.05) is 66.4 Å². The van der Waals surface area contributed by atoms with E-state index in [4.69, 9.17) is 9.40 Å². The number of fused-ring (bicyclic) bond motifs is 4. The molecule has 0 bridgehead atoms. The van der Waals surface area contributed by atoms with Crippen LogP contribution in [0.1, 0.15) is 112 Å². The molecule has 0 aliphatic carbocycles. The molecule has 3 heterocycles. The normalized spacial score (nSPS) is 12.6. The average molecular weight is 845 g/mol. The zero-order valence-electron chi connectivity index (χ0n) is 30.8. The Hall–Kier alpha value is -2.79. The molecule has 0 amide bonds. The van der Waals surface area contributed by atoms with Gasteiger partial charge in [0.05, 0.1) is 5.76 Å². The van der Waals surface area contributed by atoms with Gasteiger partial charge in [-0.3, -0.25) is 9.78 Å². The number of ketones is 1. The number of aliphatic hydroxyl groups is 1. The van der Waals surface area contributed by atoms with Gasteiger partial charge in [0.1, 0.15) is 5.76 Å². The fourth-order valence-electron chi connectivity index (χ4n) is 6.38. The van der Waals surface area contributed by atoms with Crippen LogP contribution in [0, 0.1) is 30.2 Å². The van der Waals surface area contributed by atoms with E-state index in [1.165, 1.54) is 38.1 Å². The molecule has 5 rings (SSSR count). The Kier molecular flexibility index (Phi) is 13.4. The summed E-state index contributed by atoms with van der Waals surface area (Å²) < 4.78 is 7.60. The number of aryl methyl sites for hydroxylation is 1. The van der Waals surface area contributed by atoms with Gasteiger partial charge in [0.25, 0.3) is 0 Å². The maximum Gasteiger partial charge on any atom is 0.188 e. The summed E-state index contributed by atoms with van der Waals surface area (Å²) in [6.07, 6.45) is 7.75. The molecule has 3 aromatic heterocycles. The number of hydrogen-bond donors (Lipinski definition) is 1. The van der Waals surface area contributed by atoms with Gasteiger partial charge >= 0.3 is 0 Å². The third-order valence-corrected chi connectivity index (χ3v) is 10.2. The van der Waals surface area contributed by atoms with Crippen LogP contribution in [-0.4, -0.2) is 15.9 Å². The summed E-state index contributed by atoms with van der Waals surface area (Å²) in [6, 6.07) is 16.6. The minimum Gasteiger partial charge on any atom is -0.512 e. The van der Waals surface area contributed by atoms with Gasteiger partial charge in [0.15, 0.2) is 10.7 Å². The molecule has 2 aromatic carbocycles. The number of aromatic nitrogens is 1. The molecule has 5 aromatic rings. The summed E-state index contributed by atoms with van der Waals surface area (Å²) in [5.41, 5.74) is 4.81. The van der Waals surface area contributed by atoms with Crippen molar-refractivity contribution in [2.75, 3.05) is 0 Å². The Balaban J connectivity index is 0.000000334. The van der Waals surface area contributed by atoms with Crippen molar-refractivity contribution < 1.29 is 34.4 Å². The molecule has 0 unspecified atom stereocenters. The van der Waals surface area contributed by atoms with Crippen LogP contribution in [0.4, 0.5) is 0 Å². The van der Waals surface area contributed by atoms with Crippen LogP contribution >= 0.6 is 11.3 Å². The van der Waals surface area contributed by atoms with Gasteiger partial charge in [-0.2, -0.15) is 0 Å². The molecule has 0 saturated heterocycles. The summed E-state index contributed by atoms with van der Waals surface area (Å²) in [4.78, 5) is 17.6. The number of aliphatic hydroxyl groups excluding tert-OH is 1. The van der Waals surface area contributed by atoms with E-state index in [-0.39, 0.29) is 54.3 Å².